The van der Waals surface area contributed by atoms with Crippen LogP contribution in [0.4, 0.5) is 0 Å². The number of hydrogen-bond acceptors (Lipinski definition) is 3. The zero-order valence-corrected chi connectivity index (χ0v) is 8.70. The largest absolute Gasteiger partial charge is 0.388 e. The van der Waals surface area contributed by atoms with Crippen LogP contribution < -0.4 is 5.32 Å². The third-order valence-electron chi connectivity index (χ3n) is 1.70. The van der Waals surface area contributed by atoms with Crippen LogP contribution in [0.3, 0.4) is 0 Å². The molecule has 0 saturated carbocycles. The van der Waals surface area contributed by atoms with E-state index < -0.39 is 5.60 Å². The zero-order chi connectivity index (χ0) is 9.61. The molecule has 0 aliphatic heterocycles. The van der Waals surface area contributed by atoms with E-state index in [0.29, 0.717) is 18.7 Å². The van der Waals surface area contributed by atoms with Gasteiger partial charge in [-0.05, 0) is 19.6 Å². The summed E-state index contributed by atoms with van der Waals surface area (Å²) >= 11 is 1.47. The first kappa shape index (κ1) is 11.8. The van der Waals surface area contributed by atoms with E-state index >= 15 is 0 Å². The number of carbonyl (C=O) groups excluding carboxylic acids is 1. The summed E-state index contributed by atoms with van der Waals surface area (Å²) in [6.45, 7) is 3.94. The first-order valence-corrected chi connectivity index (χ1v) is 5.39. The highest BCUT2D eigenvalue weighted by atomic mass is 32.2. The van der Waals surface area contributed by atoms with E-state index in [4.69, 9.17) is 0 Å². The Kier molecular flexibility index (Phi) is 5.33. The number of nitrogens with one attached hydrogen (secondary N) is 1. The van der Waals surface area contributed by atoms with Crippen molar-refractivity contribution >= 4 is 17.7 Å². The monoisotopic (exact) mass is 191 g/mol. The second-order valence-corrected chi connectivity index (χ2v) is 3.93. The Hall–Kier alpha value is -0.220. The van der Waals surface area contributed by atoms with Crippen LogP contribution in [0, 0.1) is 0 Å². The van der Waals surface area contributed by atoms with Crippen LogP contribution in [0.15, 0.2) is 0 Å². The maximum absolute atomic E-state index is 11.0. The molecule has 4 heteroatoms. The molecule has 0 bridgehead atoms. The predicted octanol–water partition coefficient (Wildman–Crippen LogP) is 0.627. The van der Waals surface area contributed by atoms with Gasteiger partial charge >= 0.3 is 0 Å². The highest BCUT2D eigenvalue weighted by Crippen LogP contribution is 2.05. The molecule has 0 spiro atoms. The normalized spacial score (nSPS) is 15.3. The summed E-state index contributed by atoms with van der Waals surface area (Å²) in [6, 6.07) is 0. The highest BCUT2D eigenvalue weighted by Gasteiger charge is 2.17. The maximum Gasteiger partial charge on any atom is 0.230 e. The molecule has 0 aliphatic carbocycles. The zero-order valence-electron chi connectivity index (χ0n) is 7.89. The standard InChI is InChI=1S/C8H17NO2S/c1-4-8(2,11)6-9-7(10)5-12-3/h11H,4-6H2,1-3H3,(H,9,10). The molecule has 0 aromatic heterocycles. The van der Waals surface area contributed by atoms with E-state index in [2.05, 4.69) is 5.32 Å². The van der Waals surface area contributed by atoms with E-state index in [-0.39, 0.29) is 5.91 Å². The average Bonchev–Trinajstić information content (AvgIpc) is 2.02. The molecule has 0 heterocycles. The Labute approximate surface area is 77.9 Å². The van der Waals surface area contributed by atoms with Crippen LogP contribution in [-0.4, -0.2) is 35.2 Å². The minimum atomic E-state index is -0.770. The smallest absolute Gasteiger partial charge is 0.230 e. The van der Waals surface area contributed by atoms with Crippen molar-refractivity contribution in [2.75, 3.05) is 18.6 Å². The van der Waals surface area contributed by atoms with Gasteiger partial charge in [0, 0.05) is 6.54 Å². The molecule has 2 N–H and O–H groups in total. The Morgan fingerprint density at radius 3 is 2.67 bits per heavy atom. The molecule has 72 valence electrons. The first-order valence-electron chi connectivity index (χ1n) is 4.00. The lowest BCUT2D eigenvalue weighted by atomic mass is 10.0. The molecule has 0 aromatic rings. The predicted molar refractivity (Wildman–Crippen MR) is 52.3 cm³/mol. The summed E-state index contributed by atoms with van der Waals surface area (Å²) in [7, 11) is 0. The maximum atomic E-state index is 11.0. The van der Waals surface area contributed by atoms with Crippen molar-refractivity contribution in [3.63, 3.8) is 0 Å². The fourth-order valence-electron chi connectivity index (χ4n) is 0.596. The van der Waals surface area contributed by atoms with Crippen molar-refractivity contribution in [3.05, 3.63) is 0 Å². The molecule has 0 aromatic carbocycles. The molecule has 0 saturated heterocycles. The number of carbonyl (C=O) groups is 1. The van der Waals surface area contributed by atoms with Crippen LogP contribution in [-0.2, 0) is 4.79 Å². The summed E-state index contributed by atoms with van der Waals surface area (Å²) in [5, 5.41) is 12.2. The lowest BCUT2D eigenvalue weighted by Gasteiger charge is -2.21. The van der Waals surface area contributed by atoms with Gasteiger partial charge in [0.15, 0.2) is 0 Å². The van der Waals surface area contributed by atoms with Gasteiger partial charge in [-0.1, -0.05) is 6.92 Å². The van der Waals surface area contributed by atoms with Crippen molar-refractivity contribution < 1.29 is 9.90 Å². The van der Waals surface area contributed by atoms with Gasteiger partial charge in [-0.15, -0.1) is 0 Å². The molecular weight excluding hydrogens is 174 g/mol. The molecule has 1 amide bonds. The fraction of sp³-hybridized carbons (Fsp3) is 0.875. The summed E-state index contributed by atoms with van der Waals surface area (Å²) in [5.74, 6) is 0.441. The van der Waals surface area contributed by atoms with Crippen molar-refractivity contribution in [1.29, 1.82) is 0 Å². The molecule has 0 radical (unpaired) electrons. The molecule has 12 heavy (non-hydrogen) atoms. The molecule has 0 fully saturated rings. The molecule has 3 nitrogen and oxygen atoms in total. The summed E-state index contributed by atoms with van der Waals surface area (Å²) in [4.78, 5) is 11.0. The Morgan fingerprint density at radius 2 is 2.25 bits per heavy atom. The number of rotatable bonds is 5. The topological polar surface area (TPSA) is 49.3 Å². The van der Waals surface area contributed by atoms with E-state index in [1.165, 1.54) is 11.8 Å². The SMILES string of the molecule is CCC(C)(O)CNC(=O)CSC. The Morgan fingerprint density at radius 1 is 1.67 bits per heavy atom. The van der Waals surface area contributed by atoms with Gasteiger partial charge in [0.25, 0.3) is 0 Å². The molecule has 0 aliphatic rings. The van der Waals surface area contributed by atoms with Crippen LogP contribution >= 0.6 is 11.8 Å². The quantitative estimate of drug-likeness (QED) is 0.670. The second kappa shape index (κ2) is 5.43. The van der Waals surface area contributed by atoms with E-state index in [0.717, 1.165) is 0 Å². The lowest BCUT2D eigenvalue weighted by Crippen LogP contribution is -2.40. The number of amides is 1. The third-order valence-corrected chi connectivity index (χ3v) is 2.25. The average molecular weight is 191 g/mol. The minimum absolute atomic E-state index is 0.0174. The second-order valence-electron chi connectivity index (χ2n) is 3.06. The van der Waals surface area contributed by atoms with E-state index in [1.54, 1.807) is 6.92 Å². The van der Waals surface area contributed by atoms with Gasteiger partial charge < -0.3 is 10.4 Å². The summed E-state index contributed by atoms with van der Waals surface area (Å²) < 4.78 is 0. The van der Waals surface area contributed by atoms with Crippen LogP contribution in [0.5, 0.6) is 0 Å². The Balaban J connectivity index is 3.60. The number of thioether (sulfide) groups is 1. The van der Waals surface area contributed by atoms with Crippen LogP contribution in [0.1, 0.15) is 20.3 Å². The molecular formula is C8H17NO2S. The molecule has 0 rings (SSSR count). The van der Waals surface area contributed by atoms with Crippen molar-refractivity contribution in [3.8, 4) is 0 Å². The van der Waals surface area contributed by atoms with Crippen LogP contribution in [0.2, 0.25) is 0 Å². The first-order chi connectivity index (χ1) is 5.52. The van der Waals surface area contributed by atoms with Crippen molar-refractivity contribution in [1.82, 2.24) is 5.32 Å². The molecule has 1 unspecified atom stereocenters. The van der Waals surface area contributed by atoms with Gasteiger partial charge in [0.05, 0.1) is 11.4 Å². The third kappa shape index (κ3) is 5.43. The fourth-order valence-corrected chi connectivity index (χ4v) is 0.960. The van der Waals surface area contributed by atoms with Gasteiger partial charge in [-0.3, -0.25) is 4.79 Å². The minimum Gasteiger partial charge on any atom is -0.388 e. The van der Waals surface area contributed by atoms with Crippen LogP contribution in [0.25, 0.3) is 0 Å². The number of hydrogen-bond donors (Lipinski definition) is 2. The van der Waals surface area contributed by atoms with Gasteiger partial charge in [-0.2, -0.15) is 11.8 Å². The van der Waals surface area contributed by atoms with E-state index in [1.807, 2.05) is 13.2 Å². The number of aliphatic hydroxyl groups is 1. The van der Waals surface area contributed by atoms with Crippen molar-refractivity contribution in [2.45, 2.75) is 25.9 Å². The van der Waals surface area contributed by atoms with Gasteiger partial charge in [0.2, 0.25) is 5.91 Å². The highest BCUT2D eigenvalue weighted by molar-refractivity contribution is 7.99. The van der Waals surface area contributed by atoms with E-state index in [9.17, 15) is 9.90 Å². The summed E-state index contributed by atoms with van der Waals surface area (Å²) in [6.07, 6.45) is 2.52. The van der Waals surface area contributed by atoms with Crippen molar-refractivity contribution in [2.24, 2.45) is 0 Å². The van der Waals surface area contributed by atoms with Gasteiger partial charge in [0.1, 0.15) is 0 Å². The Bertz CT molecular complexity index is 148. The van der Waals surface area contributed by atoms with Gasteiger partial charge in [-0.25, -0.2) is 0 Å². The molecule has 1 atom stereocenters. The lowest BCUT2D eigenvalue weighted by molar-refractivity contribution is -0.119. The summed E-state index contributed by atoms with van der Waals surface area (Å²) in [5.41, 5.74) is -0.770.